The highest BCUT2D eigenvalue weighted by Gasteiger charge is 2.30. The molecule has 4 nitrogen and oxygen atoms in total. The second kappa shape index (κ2) is 9.29. The van der Waals surface area contributed by atoms with Crippen LogP contribution in [0, 0.1) is 5.41 Å². The molecule has 0 atom stereocenters. The van der Waals surface area contributed by atoms with Crippen LogP contribution in [0.1, 0.15) is 18.9 Å². The lowest BCUT2D eigenvalue weighted by molar-refractivity contribution is -0.143. The Morgan fingerprint density at radius 1 is 1.11 bits per heavy atom. The molecule has 1 aromatic carbocycles. The maximum atomic E-state index is 11.6. The molecule has 0 spiro atoms. The van der Waals surface area contributed by atoms with Crippen molar-refractivity contribution in [1.29, 1.82) is 0 Å². The number of benzene rings is 1. The Bertz CT molecular complexity index is 688. The standard InChI is InChI=1S/C22H31NO3Si/c1-19(24)26-17-22(12-10-21(25)11-13-22)14-15-23(18-27(2,3)4)16-20-8-6-5-7-9-20/h5-13H,14-18H2,1-4H3. The second-order valence-electron chi connectivity index (χ2n) is 8.59. The van der Waals surface area contributed by atoms with Crippen LogP contribution < -0.4 is 0 Å². The number of nitrogens with zero attached hydrogens (tertiary/aromatic N) is 1. The van der Waals surface area contributed by atoms with Crippen LogP contribution in [0.15, 0.2) is 54.6 Å². The normalized spacial score (nSPS) is 16.0. The molecular formula is C22H31NO3Si. The lowest BCUT2D eigenvalue weighted by atomic mass is 9.81. The summed E-state index contributed by atoms with van der Waals surface area (Å²) >= 11 is 0. The number of carbonyl (C=O) groups is 2. The molecule has 2 rings (SSSR count). The molecule has 0 heterocycles. The Kier molecular flexibility index (Phi) is 7.33. The predicted molar refractivity (Wildman–Crippen MR) is 112 cm³/mol. The Hall–Kier alpha value is -1.98. The summed E-state index contributed by atoms with van der Waals surface area (Å²) in [6, 6.07) is 10.5. The van der Waals surface area contributed by atoms with E-state index in [-0.39, 0.29) is 18.4 Å². The maximum absolute atomic E-state index is 11.6. The molecular weight excluding hydrogens is 354 g/mol. The first-order chi connectivity index (χ1) is 12.7. The first kappa shape index (κ1) is 21.3. The number of hydrogen-bond acceptors (Lipinski definition) is 4. The number of allylic oxidation sites excluding steroid dienone is 2. The van der Waals surface area contributed by atoms with Gasteiger partial charge in [0.1, 0.15) is 6.61 Å². The van der Waals surface area contributed by atoms with Crippen molar-refractivity contribution in [2.24, 2.45) is 5.41 Å². The summed E-state index contributed by atoms with van der Waals surface area (Å²) in [5, 5.41) is 0. The Morgan fingerprint density at radius 2 is 1.74 bits per heavy atom. The van der Waals surface area contributed by atoms with Gasteiger partial charge >= 0.3 is 5.97 Å². The van der Waals surface area contributed by atoms with Gasteiger partial charge in [0.25, 0.3) is 0 Å². The zero-order valence-electron chi connectivity index (χ0n) is 16.9. The summed E-state index contributed by atoms with van der Waals surface area (Å²) in [7, 11) is -1.28. The zero-order valence-corrected chi connectivity index (χ0v) is 17.9. The quantitative estimate of drug-likeness (QED) is 0.476. The molecule has 1 aromatic rings. The van der Waals surface area contributed by atoms with Gasteiger partial charge in [-0.05, 0) is 36.8 Å². The third-order valence-corrected chi connectivity index (χ3v) is 5.94. The maximum Gasteiger partial charge on any atom is 0.302 e. The molecule has 0 saturated heterocycles. The molecule has 0 saturated carbocycles. The van der Waals surface area contributed by atoms with Gasteiger partial charge in [0.15, 0.2) is 5.78 Å². The van der Waals surface area contributed by atoms with Gasteiger partial charge in [-0.2, -0.15) is 0 Å². The summed E-state index contributed by atoms with van der Waals surface area (Å²) in [5.41, 5.74) is 0.892. The topological polar surface area (TPSA) is 46.6 Å². The Labute approximate surface area is 163 Å². The molecule has 0 fully saturated rings. The minimum Gasteiger partial charge on any atom is -0.465 e. The molecule has 5 heteroatoms. The van der Waals surface area contributed by atoms with Gasteiger partial charge in [-0.25, -0.2) is 0 Å². The molecule has 0 N–H and O–H groups in total. The van der Waals surface area contributed by atoms with Gasteiger partial charge in [-0.15, -0.1) is 0 Å². The molecule has 1 aliphatic rings. The largest absolute Gasteiger partial charge is 0.465 e. The minimum absolute atomic E-state index is 0.0170. The van der Waals surface area contributed by atoms with E-state index in [0.717, 1.165) is 25.7 Å². The second-order valence-corrected chi connectivity index (χ2v) is 14.0. The average molecular weight is 386 g/mol. The van der Waals surface area contributed by atoms with E-state index in [9.17, 15) is 9.59 Å². The van der Waals surface area contributed by atoms with E-state index in [1.807, 2.05) is 18.2 Å². The highest BCUT2D eigenvalue weighted by molar-refractivity contribution is 6.76. The number of hydrogen-bond donors (Lipinski definition) is 0. The van der Waals surface area contributed by atoms with Crippen molar-refractivity contribution in [3.05, 3.63) is 60.2 Å². The van der Waals surface area contributed by atoms with E-state index >= 15 is 0 Å². The molecule has 27 heavy (non-hydrogen) atoms. The summed E-state index contributed by atoms with van der Waals surface area (Å²) in [6.07, 6.45) is 8.86. The summed E-state index contributed by atoms with van der Waals surface area (Å²) < 4.78 is 5.31. The molecule has 0 unspecified atom stereocenters. The van der Waals surface area contributed by atoms with E-state index in [0.29, 0.717) is 0 Å². The number of esters is 1. The van der Waals surface area contributed by atoms with Gasteiger partial charge in [0.05, 0.1) is 8.07 Å². The van der Waals surface area contributed by atoms with Crippen molar-refractivity contribution in [2.75, 3.05) is 19.3 Å². The number of ketones is 1. The number of carbonyl (C=O) groups excluding carboxylic acids is 2. The minimum atomic E-state index is -1.28. The molecule has 0 bridgehead atoms. The lowest BCUT2D eigenvalue weighted by Crippen LogP contribution is -2.42. The molecule has 0 aliphatic heterocycles. The van der Waals surface area contributed by atoms with Gasteiger partial charge in [-0.3, -0.25) is 9.59 Å². The fraction of sp³-hybridized carbons (Fsp3) is 0.455. The summed E-state index contributed by atoms with van der Waals surface area (Å²) in [5.74, 6) is -0.312. The van der Waals surface area contributed by atoms with Crippen molar-refractivity contribution in [3.63, 3.8) is 0 Å². The fourth-order valence-electron chi connectivity index (χ4n) is 3.27. The van der Waals surface area contributed by atoms with Crippen molar-refractivity contribution >= 4 is 19.8 Å². The van der Waals surface area contributed by atoms with Gasteiger partial charge in [-0.1, -0.05) is 62.1 Å². The van der Waals surface area contributed by atoms with Crippen molar-refractivity contribution in [3.8, 4) is 0 Å². The SMILES string of the molecule is CC(=O)OCC1(CCN(Cc2ccccc2)C[Si](C)(C)C)C=CC(=O)C=C1. The van der Waals surface area contributed by atoms with Crippen LogP contribution in [-0.2, 0) is 20.9 Å². The molecule has 146 valence electrons. The highest BCUT2D eigenvalue weighted by Crippen LogP contribution is 2.30. The Morgan fingerprint density at radius 3 is 2.30 bits per heavy atom. The molecule has 0 amide bonds. The van der Waals surface area contributed by atoms with E-state index in [1.165, 1.54) is 12.5 Å². The number of ether oxygens (including phenoxy) is 1. The van der Waals surface area contributed by atoms with Crippen LogP contribution in [0.2, 0.25) is 19.6 Å². The van der Waals surface area contributed by atoms with E-state index in [4.69, 9.17) is 4.74 Å². The fourth-order valence-corrected chi connectivity index (χ4v) is 4.88. The smallest absolute Gasteiger partial charge is 0.302 e. The van der Waals surface area contributed by atoms with Crippen LogP contribution in [0.4, 0.5) is 0 Å². The third-order valence-electron chi connectivity index (χ3n) is 4.54. The average Bonchev–Trinajstić information content (AvgIpc) is 2.60. The van der Waals surface area contributed by atoms with Gasteiger partial charge in [0.2, 0.25) is 0 Å². The molecule has 1 aliphatic carbocycles. The monoisotopic (exact) mass is 385 g/mol. The van der Waals surface area contributed by atoms with Crippen LogP contribution in [0.3, 0.4) is 0 Å². The highest BCUT2D eigenvalue weighted by atomic mass is 28.3. The first-order valence-corrected chi connectivity index (χ1v) is 13.2. The van der Waals surface area contributed by atoms with E-state index in [2.05, 4.69) is 48.8 Å². The lowest BCUT2D eigenvalue weighted by Gasteiger charge is -2.34. The Balaban J connectivity index is 2.11. The molecule has 0 aromatic heterocycles. The zero-order chi connectivity index (χ0) is 19.9. The molecule has 0 radical (unpaired) electrons. The first-order valence-electron chi connectivity index (χ1n) is 9.50. The van der Waals surface area contributed by atoms with E-state index < -0.39 is 13.5 Å². The van der Waals surface area contributed by atoms with Crippen LogP contribution in [0.5, 0.6) is 0 Å². The van der Waals surface area contributed by atoms with Crippen LogP contribution in [0.25, 0.3) is 0 Å². The van der Waals surface area contributed by atoms with Gasteiger partial charge < -0.3 is 9.64 Å². The van der Waals surface area contributed by atoms with Crippen LogP contribution >= 0.6 is 0 Å². The van der Waals surface area contributed by atoms with Crippen molar-refractivity contribution in [2.45, 2.75) is 39.5 Å². The summed E-state index contributed by atoms with van der Waals surface area (Å²) in [6.45, 7) is 10.6. The van der Waals surface area contributed by atoms with Gasteiger partial charge in [0, 0.05) is 18.9 Å². The van der Waals surface area contributed by atoms with Crippen molar-refractivity contribution < 1.29 is 14.3 Å². The van der Waals surface area contributed by atoms with Crippen molar-refractivity contribution in [1.82, 2.24) is 4.90 Å². The third kappa shape index (κ3) is 7.65. The van der Waals surface area contributed by atoms with Crippen LogP contribution in [-0.4, -0.2) is 44.0 Å². The van der Waals surface area contributed by atoms with E-state index in [1.54, 1.807) is 12.2 Å². The summed E-state index contributed by atoms with van der Waals surface area (Å²) in [4.78, 5) is 25.4. The number of rotatable bonds is 9. The predicted octanol–water partition coefficient (Wildman–Crippen LogP) is 4.00.